The largest absolute Gasteiger partial charge is 0.323 e. The van der Waals surface area contributed by atoms with Crippen molar-refractivity contribution >= 4 is 35.1 Å². The Kier molecular flexibility index (Phi) is 4.95. The van der Waals surface area contributed by atoms with Gasteiger partial charge in [0.1, 0.15) is 11.6 Å². The number of hydrogen-bond acceptors (Lipinski definition) is 2. The van der Waals surface area contributed by atoms with Crippen molar-refractivity contribution in [3.05, 3.63) is 75.4 Å². The van der Waals surface area contributed by atoms with Crippen LogP contribution < -0.4 is 5.32 Å². The van der Waals surface area contributed by atoms with E-state index in [1.165, 1.54) is 9.58 Å². The van der Waals surface area contributed by atoms with Gasteiger partial charge >= 0.3 is 6.03 Å². The molecule has 0 atom stereocenters. The van der Waals surface area contributed by atoms with E-state index in [1.54, 1.807) is 30.5 Å². The Bertz CT molecular complexity index is 1070. The molecular formula is C19H14Cl2F2N4O. The molecule has 4 rings (SSSR count). The molecule has 2 amide bonds. The van der Waals surface area contributed by atoms with E-state index in [-0.39, 0.29) is 25.1 Å². The Morgan fingerprint density at radius 2 is 1.82 bits per heavy atom. The van der Waals surface area contributed by atoms with Gasteiger partial charge in [0.15, 0.2) is 5.82 Å². The van der Waals surface area contributed by atoms with E-state index in [2.05, 4.69) is 10.4 Å². The van der Waals surface area contributed by atoms with Crippen molar-refractivity contribution in [1.29, 1.82) is 0 Å². The third-order valence-corrected chi connectivity index (χ3v) is 5.10. The smallest absolute Gasteiger partial charge is 0.320 e. The molecule has 0 fully saturated rings. The summed E-state index contributed by atoms with van der Waals surface area (Å²) < 4.78 is 29.3. The lowest BCUT2D eigenvalue weighted by molar-refractivity contribution is 0.204. The highest BCUT2D eigenvalue weighted by molar-refractivity contribution is 6.35. The molecule has 1 aliphatic rings. The average Bonchev–Trinajstić information content (AvgIpc) is 3.12. The van der Waals surface area contributed by atoms with Crippen LogP contribution in [-0.4, -0.2) is 27.3 Å². The maximum absolute atomic E-state index is 14.0. The second-order valence-corrected chi connectivity index (χ2v) is 7.17. The van der Waals surface area contributed by atoms with E-state index in [4.69, 9.17) is 23.2 Å². The van der Waals surface area contributed by atoms with Crippen LogP contribution in [-0.2, 0) is 13.0 Å². The Hall–Kier alpha value is -2.64. The number of fused-ring (bicyclic) bond motifs is 1. The first kappa shape index (κ1) is 18.7. The normalized spacial score (nSPS) is 13.4. The lowest BCUT2D eigenvalue weighted by Crippen LogP contribution is -2.39. The lowest BCUT2D eigenvalue weighted by atomic mass is 9.99. The zero-order chi connectivity index (χ0) is 19.8. The molecule has 0 radical (unpaired) electrons. The van der Waals surface area contributed by atoms with Crippen LogP contribution >= 0.6 is 23.2 Å². The number of hydrogen-bond donors (Lipinski definition) is 1. The summed E-state index contributed by atoms with van der Waals surface area (Å²) in [5.41, 5.74) is 1.14. The number of aromatic nitrogens is 2. The van der Waals surface area contributed by atoms with E-state index in [1.807, 2.05) is 0 Å². The number of rotatable bonds is 2. The molecule has 2 aromatic carbocycles. The molecule has 1 aliphatic heterocycles. The molecule has 0 bridgehead atoms. The fraction of sp³-hybridized carbons (Fsp3) is 0.158. The van der Waals surface area contributed by atoms with Gasteiger partial charge in [-0.25, -0.2) is 18.3 Å². The highest BCUT2D eigenvalue weighted by Gasteiger charge is 2.25. The van der Waals surface area contributed by atoms with Crippen molar-refractivity contribution in [1.82, 2.24) is 14.7 Å². The summed E-state index contributed by atoms with van der Waals surface area (Å²) in [6.45, 7) is 0.275. The minimum Gasteiger partial charge on any atom is -0.320 e. The first-order valence-electron chi connectivity index (χ1n) is 8.45. The quantitative estimate of drug-likeness (QED) is 0.628. The second kappa shape index (κ2) is 7.41. The molecule has 5 nitrogen and oxygen atoms in total. The van der Waals surface area contributed by atoms with Gasteiger partial charge in [-0.3, -0.25) is 5.32 Å². The van der Waals surface area contributed by atoms with E-state index in [0.717, 1.165) is 12.1 Å². The number of carbonyl (C=O) groups excluding carboxylic acids is 1. The van der Waals surface area contributed by atoms with Crippen LogP contribution in [0.25, 0.3) is 5.69 Å². The number of amides is 2. The first-order valence-corrected chi connectivity index (χ1v) is 9.21. The summed E-state index contributed by atoms with van der Waals surface area (Å²) in [6.07, 6.45) is 1.90. The molecule has 144 valence electrons. The Labute approximate surface area is 169 Å². The minimum absolute atomic E-state index is 0.00548. The number of nitrogens with zero attached hydrogens (tertiary/aromatic N) is 3. The van der Waals surface area contributed by atoms with Crippen molar-refractivity contribution in [2.24, 2.45) is 0 Å². The first-order chi connectivity index (χ1) is 13.4. The van der Waals surface area contributed by atoms with Crippen LogP contribution in [0, 0.1) is 11.6 Å². The molecule has 0 saturated heterocycles. The topological polar surface area (TPSA) is 50.2 Å². The average molecular weight is 423 g/mol. The summed E-state index contributed by atoms with van der Waals surface area (Å²) in [5, 5.41) is 7.86. The van der Waals surface area contributed by atoms with Gasteiger partial charge < -0.3 is 4.90 Å². The van der Waals surface area contributed by atoms with Crippen molar-refractivity contribution in [2.45, 2.75) is 13.0 Å². The maximum atomic E-state index is 14.0. The van der Waals surface area contributed by atoms with Gasteiger partial charge in [0, 0.05) is 29.4 Å². The minimum atomic E-state index is -0.518. The number of anilines is 1. The summed E-state index contributed by atoms with van der Waals surface area (Å²) in [4.78, 5) is 14.0. The highest BCUT2D eigenvalue weighted by atomic mass is 35.5. The van der Waals surface area contributed by atoms with Crippen LogP contribution in [0.3, 0.4) is 0 Å². The number of halogens is 4. The molecule has 0 saturated carbocycles. The molecule has 28 heavy (non-hydrogen) atoms. The third kappa shape index (κ3) is 3.55. The van der Waals surface area contributed by atoms with E-state index in [0.29, 0.717) is 27.1 Å². The van der Waals surface area contributed by atoms with Crippen LogP contribution in [0.5, 0.6) is 0 Å². The van der Waals surface area contributed by atoms with Gasteiger partial charge in [0.2, 0.25) is 0 Å². The predicted octanol–water partition coefficient (Wildman–Crippen LogP) is 5.05. The van der Waals surface area contributed by atoms with Crippen molar-refractivity contribution in [3.8, 4) is 5.69 Å². The molecule has 1 N–H and O–H groups in total. The van der Waals surface area contributed by atoms with Crippen molar-refractivity contribution < 1.29 is 13.6 Å². The standard InChI is InChI=1S/C19H14Cl2F2N4O/c20-11-1-4-17(14(21)9-11)27-8-6-18(25-27)24-19(28)26-7-5-12-13(10-26)16(23)3-2-15(12)22/h1-4,6,8-9H,5,7,10H2,(H,24,25,28). The summed E-state index contributed by atoms with van der Waals surface area (Å²) in [7, 11) is 0. The number of nitrogens with one attached hydrogen (secondary N) is 1. The van der Waals surface area contributed by atoms with Crippen molar-refractivity contribution in [3.63, 3.8) is 0 Å². The van der Waals surface area contributed by atoms with E-state index < -0.39 is 17.7 Å². The molecule has 0 aliphatic carbocycles. The van der Waals surface area contributed by atoms with E-state index in [9.17, 15) is 13.6 Å². The summed E-state index contributed by atoms with van der Waals surface area (Å²) >= 11 is 12.1. The molecular weight excluding hydrogens is 409 g/mol. The Balaban J connectivity index is 1.49. The van der Waals surface area contributed by atoms with Gasteiger partial charge in [0.05, 0.1) is 17.3 Å². The summed E-state index contributed by atoms with van der Waals surface area (Å²) in [6, 6.07) is 8.34. The highest BCUT2D eigenvalue weighted by Crippen LogP contribution is 2.26. The number of benzene rings is 2. The lowest BCUT2D eigenvalue weighted by Gasteiger charge is -2.29. The zero-order valence-corrected chi connectivity index (χ0v) is 15.9. The SMILES string of the molecule is O=C(Nc1ccn(-c2ccc(Cl)cc2Cl)n1)N1CCc2c(F)ccc(F)c2C1. The van der Waals surface area contributed by atoms with Crippen LogP contribution in [0.1, 0.15) is 11.1 Å². The Morgan fingerprint density at radius 1 is 1.07 bits per heavy atom. The predicted molar refractivity (Wildman–Crippen MR) is 103 cm³/mol. The molecule has 9 heteroatoms. The fourth-order valence-corrected chi connectivity index (χ4v) is 3.64. The number of urea groups is 1. The van der Waals surface area contributed by atoms with Crippen LogP contribution in [0.4, 0.5) is 19.4 Å². The monoisotopic (exact) mass is 422 g/mol. The zero-order valence-electron chi connectivity index (χ0n) is 14.4. The van der Waals surface area contributed by atoms with Gasteiger partial charge in [0.25, 0.3) is 0 Å². The van der Waals surface area contributed by atoms with Crippen molar-refractivity contribution in [2.75, 3.05) is 11.9 Å². The summed E-state index contributed by atoms with van der Waals surface area (Å²) in [5.74, 6) is -0.660. The maximum Gasteiger partial charge on any atom is 0.323 e. The molecule has 3 aromatic rings. The van der Waals surface area contributed by atoms with Gasteiger partial charge in [-0.2, -0.15) is 0 Å². The van der Waals surface area contributed by atoms with Gasteiger partial charge in [-0.05, 0) is 42.3 Å². The van der Waals surface area contributed by atoms with Crippen LogP contribution in [0.15, 0.2) is 42.6 Å². The van der Waals surface area contributed by atoms with Gasteiger partial charge in [-0.1, -0.05) is 23.2 Å². The molecule has 0 unspecified atom stereocenters. The third-order valence-electron chi connectivity index (χ3n) is 4.57. The fourth-order valence-electron chi connectivity index (χ4n) is 3.15. The number of carbonyl (C=O) groups is 1. The molecule has 2 heterocycles. The van der Waals surface area contributed by atoms with E-state index >= 15 is 0 Å². The van der Waals surface area contributed by atoms with Crippen LogP contribution in [0.2, 0.25) is 10.0 Å². The Morgan fingerprint density at radius 3 is 2.57 bits per heavy atom. The molecule has 0 spiro atoms. The second-order valence-electron chi connectivity index (χ2n) is 6.33. The molecule has 1 aromatic heterocycles. The van der Waals surface area contributed by atoms with Gasteiger partial charge in [-0.15, -0.1) is 5.10 Å².